The molecule has 1 aliphatic rings. The van der Waals surface area contributed by atoms with Crippen LogP contribution >= 0.6 is 11.8 Å². The van der Waals surface area contributed by atoms with Crippen molar-refractivity contribution in [1.82, 2.24) is 5.32 Å². The molecule has 110 valence electrons. The Balaban J connectivity index is 2.01. The van der Waals surface area contributed by atoms with E-state index in [-0.39, 0.29) is 5.84 Å². The molecule has 0 atom stereocenters. The minimum absolute atomic E-state index is 0.0616. The molecule has 0 bridgehead atoms. The van der Waals surface area contributed by atoms with Crippen molar-refractivity contribution in [2.45, 2.75) is 24.1 Å². The Hall–Kier alpha value is -1.40. The largest absolute Gasteiger partial charge is 0.496 e. The minimum atomic E-state index is 0.0616. The van der Waals surface area contributed by atoms with E-state index in [0.29, 0.717) is 16.1 Å². The van der Waals surface area contributed by atoms with E-state index >= 15 is 0 Å². The third-order valence-corrected chi connectivity index (χ3v) is 5.08. The lowest BCUT2D eigenvalue weighted by Crippen LogP contribution is -2.25. The molecule has 1 aromatic rings. The third-order valence-electron chi connectivity index (χ3n) is 3.66. The molecule has 4 N–H and O–H groups in total. The van der Waals surface area contributed by atoms with Crippen LogP contribution in [0.1, 0.15) is 24.0 Å². The number of hydrogen-bond acceptors (Lipinski definition) is 5. The van der Waals surface area contributed by atoms with Crippen LogP contribution in [0.5, 0.6) is 5.75 Å². The summed E-state index contributed by atoms with van der Waals surface area (Å²) < 4.78 is 5.66. The molecule has 1 fully saturated rings. The Morgan fingerprint density at radius 1 is 1.55 bits per heavy atom. The summed E-state index contributed by atoms with van der Waals surface area (Å²) in [5.41, 5.74) is 7.36. The molecule has 0 amide bonds. The van der Waals surface area contributed by atoms with Gasteiger partial charge in [0, 0.05) is 17.8 Å². The number of ether oxygens (including phenoxy) is 1. The van der Waals surface area contributed by atoms with Crippen molar-refractivity contribution in [3.8, 4) is 5.75 Å². The van der Waals surface area contributed by atoms with Crippen LogP contribution in [-0.2, 0) is 6.54 Å². The summed E-state index contributed by atoms with van der Waals surface area (Å²) in [5.74, 6) is 0.665. The summed E-state index contributed by atoms with van der Waals surface area (Å²) in [4.78, 5) is 0. The molecule has 0 heterocycles. The van der Waals surface area contributed by atoms with Crippen LogP contribution in [0.2, 0.25) is 0 Å². The van der Waals surface area contributed by atoms with E-state index in [0.717, 1.165) is 18.7 Å². The van der Waals surface area contributed by atoms with Gasteiger partial charge in [0.05, 0.1) is 12.7 Å². The Morgan fingerprint density at radius 3 is 2.85 bits per heavy atom. The zero-order valence-corrected chi connectivity index (χ0v) is 12.7. The fourth-order valence-corrected chi connectivity index (χ4v) is 2.90. The lowest BCUT2D eigenvalue weighted by molar-refractivity contribution is 0.318. The van der Waals surface area contributed by atoms with Gasteiger partial charge in [0.2, 0.25) is 0 Å². The highest BCUT2D eigenvalue weighted by Crippen LogP contribution is 2.46. The quantitative estimate of drug-likeness (QED) is 0.309. The lowest BCUT2D eigenvalue weighted by atomic mass is 10.1. The molecule has 6 heteroatoms. The molecule has 0 spiro atoms. The number of methoxy groups -OCH3 is 1. The molecule has 1 aliphatic carbocycles. The van der Waals surface area contributed by atoms with Crippen molar-refractivity contribution in [2.75, 3.05) is 19.9 Å². The van der Waals surface area contributed by atoms with Crippen LogP contribution in [-0.4, -0.2) is 35.7 Å². The number of nitrogens with one attached hydrogen (secondary N) is 1. The average molecular weight is 295 g/mol. The fourth-order valence-electron chi connectivity index (χ4n) is 2.15. The highest BCUT2D eigenvalue weighted by molar-refractivity contribution is 8.00. The number of nitrogens with two attached hydrogens (primary N) is 1. The SMILES string of the molecule is COc1ccc(CNCC2(SC)CC2)cc1/C(N)=N/O. The molecular weight excluding hydrogens is 274 g/mol. The van der Waals surface area contributed by atoms with Gasteiger partial charge in [-0.3, -0.25) is 0 Å². The van der Waals surface area contributed by atoms with Crippen molar-refractivity contribution in [1.29, 1.82) is 0 Å². The highest BCUT2D eigenvalue weighted by atomic mass is 32.2. The topological polar surface area (TPSA) is 79.9 Å². The van der Waals surface area contributed by atoms with Gasteiger partial charge >= 0.3 is 0 Å². The number of nitrogens with zero attached hydrogens (tertiary/aromatic N) is 1. The molecule has 5 nitrogen and oxygen atoms in total. The number of hydrogen-bond donors (Lipinski definition) is 3. The standard InChI is InChI=1S/C14H21N3O2S/c1-19-12-4-3-10(7-11(12)13(15)17-18)8-16-9-14(20-2)5-6-14/h3-4,7,16,18H,5-6,8-9H2,1-2H3,(H2,15,17). The molecule has 1 saturated carbocycles. The van der Waals surface area contributed by atoms with Gasteiger partial charge in [0.15, 0.2) is 5.84 Å². The van der Waals surface area contributed by atoms with E-state index in [9.17, 15) is 0 Å². The summed E-state index contributed by atoms with van der Waals surface area (Å²) in [6.07, 6.45) is 4.75. The molecule has 2 rings (SSSR count). The van der Waals surface area contributed by atoms with Crippen LogP contribution in [0.3, 0.4) is 0 Å². The van der Waals surface area contributed by atoms with E-state index < -0.39 is 0 Å². The number of benzene rings is 1. The predicted molar refractivity (Wildman–Crippen MR) is 82.7 cm³/mol. The Bertz CT molecular complexity index is 501. The molecule has 0 radical (unpaired) electrons. The van der Waals surface area contributed by atoms with Crippen LogP contribution in [0.15, 0.2) is 23.4 Å². The minimum Gasteiger partial charge on any atom is -0.496 e. The van der Waals surface area contributed by atoms with Crippen molar-refractivity contribution >= 4 is 17.6 Å². The molecule has 20 heavy (non-hydrogen) atoms. The van der Waals surface area contributed by atoms with Gasteiger partial charge in [-0.2, -0.15) is 11.8 Å². The molecule has 0 aromatic heterocycles. The number of thioether (sulfide) groups is 1. The van der Waals surface area contributed by atoms with Crippen LogP contribution < -0.4 is 15.8 Å². The van der Waals surface area contributed by atoms with Gasteiger partial charge in [-0.1, -0.05) is 11.2 Å². The van der Waals surface area contributed by atoms with Gasteiger partial charge in [-0.15, -0.1) is 0 Å². The van der Waals surface area contributed by atoms with E-state index in [2.05, 4.69) is 16.7 Å². The van der Waals surface area contributed by atoms with Gasteiger partial charge in [0.1, 0.15) is 5.75 Å². The summed E-state index contributed by atoms with van der Waals surface area (Å²) in [7, 11) is 1.57. The summed E-state index contributed by atoms with van der Waals surface area (Å²) in [5, 5.41) is 15.3. The fraction of sp³-hybridized carbons (Fsp3) is 0.500. The smallest absolute Gasteiger partial charge is 0.173 e. The zero-order chi connectivity index (χ0) is 14.6. The second-order valence-corrected chi connectivity index (χ2v) is 6.28. The average Bonchev–Trinajstić information content (AvgIpc) is 3.27. The molecule has 0 unspecified atom stereocenters. The first-order valence-corrected chi connectivity index (χ1v) is 7.77. The van der Waals surface area contributed by atoms with Crippen molar-refractivity contribution in [2.24, 2.45) is 10.9 Å². The van der Waals surface area contributed by atoms with Crippen LogP contribution in [0.4, 0.5) is 0 Å². The Labute approximate surface area is 123 Å². The van der Waals surface area contributed by atoms with Gasteiger partial charge < -0.3 is 21.0 Å². The number of rotatable bonds is 7. The molecule has 0 aliphatic heterocycles. The second kappa shape index (κ2) is 6.37. The van der Waals surface area contributed by atoms with Gasteiger partial charge in [-0.25, -0.2) is 0 Å². The summed E-state index contributed by atoms with van der Waals surface area (Å²) in [6.45, 7) is 1.77. The van der Waals surface area contributed by atoms with E-state index in [4.69, 9.17) is 15.7 Å². The van der Waals surface area contributed by atoms with Crippen molar-refractivity contribution < 1.29 is 9.94 Å². The maximum atomic E-state index is 8.81. The first-order chi connectivity index (χ1) is 9.64. The maximum absolute atomic E-state index is 8.81. The first kappa shape index (κ1) is 15.0. The molecular formula is C14H21N3O2S. The summed E-state index contributed by atoms with van der Waals surface area (Å²) in [6, 6.07) is 5.71. The van der Waals surface area contributed by atoms with Crippen molar-refractivity contribution in [3.05, 3.63) is 29.3 Å². The van der Waals surface area contributed by atoms with Crippen LogP contribution in [0, 0.1) is 0 Å². The van der Waals surface area contributed by atoms with Crippen molar-refractivity contribution in [3.63, 3.8) is 0 Å². The van der Waals surface area contributed by atoms with E-state index in [1.54, 1.807) is 7.11 Å². The van der Waals surface area contributed by atoms with Gasteiger partial charge in [-0.05, 0) is 36.8 Å². The maximum Gasteiger partial charge on any atom is 0.173 e. The third kappa shape index (κ3) is 3.37. The van der Waals surface area contributed by atoms with Gasteiger partial charge in [0.25, 0.3) is 0 Å². The lowest BCUT2D eigenvalue weighted by Gasteiger charge is -2.14. The predicted octanol–water partition coefficient (Wildman–Crippen LogP) is 1.77. The highest BCUT2D eigenvalue weighted by Gasteiger charge is 2.41. The second-order valence-electron chi connectivity index (χ2n) is 5.01. The Kier molecular flexibility index (Phi) is 4.77. The number of amidine groups is 1. The normalized spacial score (nSPS) is 17.0. The Morgan fingerprint density at radius 2 is 2.30 bits per heavy atom. The van der Waals surface area contributed by atoms with E-state index in [1.165, 1.54) is 12.8 Å². The molecule has 1 aromatic carbocycles. The number of oxime groups is 1. The summed E-state index contributed by atoms with van der Waals surface area (Å²) >= 11 is 1.94. The monoisotopic (exact) mass is 295 g/mol. The van der Waals surface area contributed by atoms with E-state index in [1.807, 2.05) is 30.0 Å². The first-order valence-electron chi connectivity index (χ1n) is 6.55. The molecule has 0 saturated heterocycles. The zero-order valence-electron chi connectivity index (χ0n) is 11.8. The van der Waals surface area contributed by atoms with Crippen LogP contribution in [0.25, 0.3) is 0 Å².